The van der Waals surface area contributed by atoms with Crippen LogP contribution in [0.4, 0.5) is 4.39 Å². The van der Waals surface area contributed by atoms with E-state index in [0.29, 0.717) is 0 Å². The molecule has 1 heterocycles. The average molecular weight is 295 g/mol. The fourth-order valence-electron chi connectivity index (χ4n) is 1.81. The summed E-state index contributed by atoms with van der Waals surface area (Å²) in [6, 6.07) is 4.84. The first-order valence-corrected chi connectivity index (χ1v) is 7.43. The monoisotopic (exact) mass is 295 g/mol. The van der Waals surface area contributed by atoms with Crippen LogP contribution in [0.2, 0.25) is 0 Å². The van der Waals surface area contributed by atoms with Crippen molar-refractivity contribution >= 4 is 11.3 Å². The molecule has 0 aliphatic rings. The molecule has 0 aliphatic carbocycles. The van der Waals surface area contributed by atoms with Crippen LogP contribution in [0.3, 0.4) is 0 Å². The van der Waals surface area contributed by atoms with Crippen LogP contribution in [0.1, 0.15) is 18.4 Å². The first kappa shape index (κ1) is 14.9. The van der Waals surface area contributed by atoms with Crippen molar-refractivity contribution < 1.29 is 9.13 Å². The summed E-state index contributed by atoms with van der Waals surface area (Å²) in [5, 5.41) is 13.3. The van der Waals surface area contributed by atoms with Gasteiger partial charge < -0.3 is 10.1 Å². The number of hydrogen-bond donors (Lipinski definition) is 1. The molecule has 4 nitrogen and oxygen atoms in total. The molecule has 0 aliphatic heterocycles. The van der Waals surface area contributed by atoms with Crippen molar-refractivity contribution in [2.45, 2.75) is 19.8 Å². The maximum absolute atomic E-state index is 13.7. The van der Waals surface area contributed by atoms with E-state index < -0.39 is 0 Å². The Kier molecular flexibility index (Phi) is 5.43. The van der Waals surface area contributed by atoms with Gasteiger partial charge in [-0.1, -0.05) is 18.3 Å². The van der Waals surface area contributed by atoms with Crippen molar-refractivity contribution in [1.82, 2.24) is 15.5 Å². The fraction of sp³-hybridized carbons (Fsp3) is 0.429. The molecule has 20 heavy (non-hydrogen) atoms. The van der Waals surface area contributed by atoms with Gasteiger partial charge in [-0.25, -0.2) is 4.39 Å². The number of methoxy groups -OCH3 is 1. The Morgan fingerprint density at radius 3 is 2.90 bits per heavy atom. The second-order valence-electron chi connectivity index (χ2n) is 4.31. The minimum atomic E-state index is -0.381. The maximum Gasteiger partial charge on any atom is 0.165 e. The molecule has 2 aromatic rings. The molecule has 0 spiro atoms. The second kappa shape index (κ2) is 7.31. The van der Waals surface area contributed by atoms with E-state index in [1.54, 1.807) is 12.1 Å². The van der Waals surface area contributed by atoms with Crippen LogP contribution in [-0.4, -0.2) is 30.4 Å². The van der Waals surface area contributed by atoms with Crippen molar-refractivity contribution in [3.63, 3.8) is 0 Å². The summed E-state index contributed by atoms with van der Waals surface area (Å²) < 4.78 is 18.6. The Bertz CT molecular complexity index is 559. The Balaban J connectivity index is 2.03. The van der Waals surface area contributed by atoms with Gasteiger partial charge in [-0.2, -0.15) is 0 Å². The predicted molar refractivity (Wildman–Crippen MR) is 78.7 cm³/mol. The van der Waals surface area contributed by atoms with Gasteiger partial charge in [0.05, 0.1) is 7.11 Å². The Hall–Kier alpha value is -1.53. The second-order valence-corrected chi connectivity index (χ2v) is 5.37. The summed E-state index contributed by atoms with van der Waals surface area (Å²) in [7, 11) is 1.45. The van der Waals surface area contributed by atoms with Gasteiger partial charge in [0.15, 0.2) is 11.6 Å². The van der Waals surface area contributed by atoms with E-state index in [0.717, 1.165) is 41.5 Å². The minimum Gasteiger partial charge on any atom is -0.494 e. The van der Waals surface area contributed by atoms with Crippen LogP contribution in [-0.2, 0) is 6.42 Å². The van der Waals surface area contributed by atoms with Crippen molar-refractivity contribution in [1.29, 1.82) is 0 Å². The maximum atomic E-state index is 13.7. The lowest BCUT2D eigenvalue weighted by Crippen LogP contribution is -2.14. The van der Waals surface area contributed by atoms with Gasteiger partial charge in [0.1, 0.15) is 10.0 Å². The van der Waals surface area contributed by atoms with Crippen LogP contribution in [0, 0.1) is 5.82 Å². The lowest BCUT2D eigenvalue weighted by Gasteiger charge is -2.02. The number of aryl methyl sites for hydroxylation is 1. The van der Waals surface area contributed by atoms with Gasteiger partial charge in [-0.3, -0.25) is 0 Å². The van der Waals surface area contributed by atoms with Gasteiger partial charge in [-0.15, -0.1) is 10.2 Å². The van der Waals surface area contributed by atoms with Crippen molar-refractivity contribution in [2.75, 3.05) is 20.2 Å². The average Bonchev–Trinajstić information content (AvgIpc) is 2.92. The van der Waals surface area contributed by atoms with E-state index in [-0.39, 0.29) is 11.6 Å². The Morgan fingerprint density at radius 2 is 2.20 bits per heavy atom. The topological polar surface area (TPSA) is 47.0 Å². The molecule has 108 valence electrons. The van der Waals surface area contributed by atoms with Crippen LogP contribution in [0.5, 0.6) is 5.75 Å². The highest BCUT2D eigenvalue weighted by molar-refractivity contribution is 7.14. The van der Waals surface area contributed by atoms with Crippen molar-refractivity contribution in [2.24, 2.45) is 0 Å². The Morgan fingerprint density at radius 1 is 1.35 bits per heavy atom. The molecule has 0 saturated carbocycles. The molecule has 0 atom stereocenters. The van der Waals surface area contributed by atoms with E-state index in [4.69, 9.17) is 4.74 Å². The molecule has 1 aromatic carbocycles. The molecule has 0 radical (unpaired) electrons. The molecule has 0 amide bonds. The SMILES string of the molecule is CCNCCCc1nnc(-c2ccc(OC)c(F)c2)s1. The van der Waals surface area contributed by atoms with Gasteiger partial charge in [0.2, 0.25) is 0 Å². The highest BCUT2D eigenvalue weighted by atomic mass is 32.1. The third-order valence-electron chi connectivity index (χ3n) is 2.86. The summed E-state index contributed by atoms with van der Waals surface area (Å²) in [4.78, 5) is 0. The van der Waals surface area contributed by atoms with Gasteiger partial charge in [0, 0.05) is 12.0 Å². The largest absolute Gasteiger partial charge is 0.494 e. The normalized spacial score (nSPS) is 10.8. The van der Waals surface area contributed by atoms with Crippen LogP contribution < -0.4 is 10.1 Å². The number of halogens is 1. The predicted octanol–water partition coefficient (Wildman–Crippen LogP) is 2.89. The van der Waals surface area contributed by atoms with Gasteiger partial charge in [0.25, 0.3) is 0 Å². The van der Waals surface area contributed by atoms with Gasteiger partial charge in [-0.05, 0) is 37.7 Å². The van der Waals surface area contributed by atoms with E-state index in [2.05, 4.69) is 22.4 Å². The quantitative estimate of drug-likeness (QED) is 0.798. The smallest absolute Gasteiger partial charge is 0.165 e. The molecule has 1 N–H and O–H groups in total. The zero-order chi connectivity index (χ0) is 14.4. The first-order chi connectivity index (χ1) is 9.74. The van der Waals surface area contributed by atoms with E-state index in [9.17, 15) is 4.39 Å². The number of hydrogen-bond acceptors (Lipinski definition) is 5. The van der Waals surface area contributed by atoms with Gasteiger partial charge >= 0.3 is 0 Å². The van der Waals surface area contributed by atoms with Crippen molar-refractivity contribution in [3.05, 3.63) is 29.0 Å². The molecule has 0 saturated heterocycles. The summed E-state index contributed by atoms with van der Waals surface area (Å²) in [5.41, 5.74) is 0.735. The Labute approximate surface area is 122 Å². The number of ether oxygens (including phenoxy) is 1. The lowest BCUT2D eigenvalue weighted by atomic mass is 10.2. The van der Waals surface area contributed by atoms with Crippen LogP contribution >= 0.6 is 11.3 Å². The van der Waals surface area contributed by atoms with Crippen LogP contribution in [0.25, 0.3) is 10.6 Å². The zero-order valence-corrected chi connectivity index (χ0v) is 12.5. The number of aromatic nitrogens is 2. The molecule has 0 fully saturated rings. The first-order valence-electron chi connectivity index (χ1n) is 6.61. The summed E-state index contributed by atoms with van der Waals surface area (Å²) in [6.07, 6.45) is 1.92. The molecule has 0 unspecified atom stereocenters. The standard InChI is InChI=1S/C14H18FN3OS/c1-3-16-8-4-5-13-17-18-14(20-13)10-6-7-12(19-2)11(15)9-10/h6-7,9,16H,3-5,8H2,1-2H3. The minimum absolute atomic E-state index is 0.240. The third-order valence-corrected chi connectivity index (χ3v) is 3.89. The third kappa shape index (κ3) is 3.74. The lowest BCUT2D eigenvalue weighted by molar-refractivity contribution is 0.386. The molecule has 0 bridgehead atoms. The number of nitrogens with one attached hydrogen (secondary N) is 1. The van der Waals surface area contributed by atoms with E-state index in [1.807, 2.05) is 0 Å². The zero-order valence-electron chi connectivity index (χ0n) is 11.6. The summed E-state index contributed by atoms with van der Waals surface area (Å²) in [5.74, 6) is -0.141. The van der Waals surface area contributed by atoms with E-state index >= 15 is 0 Å². The van der Waals surface area contributed by atoms with Crippen molar-refractivity contribution in [3.8, 4) is 16.3 Å². The molecular formula is C14H18FN3OS. The molecular weight excluding hydrogens is 277 g/mol. The summed E-state index contributed by atoms with van der Waals surface area (Å²) in [6.45, 7) is 4.04. The number of rotatable bonds is 7. The highest BCUT2D eigenvalue weighted by Crippen LogP contribution is 2.28. The highest BCUT2D eigenvalue weighted by Gasteiger charge is 2.10. The summed E-state index contributed by atoms with van der Waals surface area (Å²) >= 11 is 1.51. The van der Waals surface area contributed by atoms with Crippen LogP contribution in [0.15, 0.2) is 18.2 Å². The number of nitrogens with zero attached hydrogens (tertiary/aromatic N) is 2. The fourth-order valence-corrected chi connectivity index (χ4v) is 2.69. The molecule has 6 heteroatoms. The molecule has 2 rings (SSSR count). The van der Waals surface area contributed by atoms with E-state index in [1.165, 1.54) is 24.5 Å². The molecule has 1 aromatic heterocycles. The number of benzene rings is 1.